The summed E-state index contributed by atoms with van der Waals surface area (Å²) in [7, 11) is 0. The summed E-state index contributed by atoms with van der Waals surface area (Å²) in [5, 5.41) is 6.12. The maximum absolute atomic E-state index is 12.1. The van der Waals surface area contributed by atoms with Gasteiger partial charge in [-0.3, -0.25) is 9.78 Å². The van der Waals surface area contributed by atoms with Gasteiger partial charge in [0.05, 0.1) is 17.2 Å². The minimum Gasteiger partial charge on any atom is -0.267 e. The van der Waals surface area contributed by atoms with Crippen LogP contribution in [0.1, 0.15) is 15.9 Å². The normalized spacial score (nSPS) is 11.2. The van der Waals surface area contributed by atoms with Gasteiger partial charge in [-0.2, -0.15) is 5.10 Å². The molecule has 2 aromatic heterocycles. The lowest BCUT2D eigenvalue weighted by atomic mass is 10.0. The average molecular weight is 326 g/mol. The Bertz CT molecular complexity index is 1040. The SMILES string of the molecule is O=C(NN=Cc1c2ccccc2nc2ccccc12)c1ccncc1. The number of nitrogens with one attached hydrogen (secondary N) is 1. The van der Waals surface area contributed by atoms with Crippen LogP contribution in [-0.4, -0.2) is 22.1 Å². The molecule has 0 aliphatic rings. The van der Waals surface area contributed by atoms with Crippen molar-refractivity contribution >= 4 is 33.9 Å². The van der Waals surface area contributed by atoms with Gasteiger partial charge in [0.15, 0.2) is 0 Å². The zero-order valence-electron chi connectivity index (χ0n) is 13.3. The number of para-hydroxylation sites is 2. The highest BCUT2D eigenvalue weighted by Crippen LogP contribution is 2.24. The van der Waals surface area contributed by atoms with Crippen LogP contribution in [0.2, 0.25) is 0 Å². The van der Waals surface area contributed by atoms with Crippen LogP contribution in [0.3, 0.4) is 0 Å². The lowest BCUT2D eigenvalue weighted by Crippen LogP contribution is -2.17. The van der Waals surface area contributed by atoms with E-state index in [1.807, 2.05) is 48.5 Å². The Morgan fingerprint density at radius 2 is 1.48 bits per heavy atom. The van der Waals surface area contributed by atoms with E-state index in [2.05, 4.69) is 20.5 Å². The number of carbonyl (C=O) groups is 1. The molecule has 0 saturated heterocycles. The minimum absolute atomic E-state index is 0.277. The molecule has 0 saturated carbocycles. The molecule has 0 radical (unpaired) electrons. The van der Waals surface area contributed by atoms with Gasteiger partial charge < -0.3 is 0 Å². The number of carbonyl (C=O) groups excluding carboxylic acids is 1. The monoisotopic (exact) mass is 326 g/mol. The second-order valence-corrected chi connectivity index (χ2v) is 5.49. The fourth-order valence-electron chi connectivity index (χ4n) is 2.74. The first kappa shape index (κ1) is 15.0. The molecule has 0 fully saturated rings. The number of rotatable bonds is 3. The van der Waals surface area contributed by atoms with Gasteiger partial charge in [-0.25, -0.2) is 10.4 Å². The zero-order chi connectivity index (χ0) is 17.1. The van der Waals surface area contributed by atoms with E-state index in [0.29, 0.717) is 5.56 Å². The highest BCUT2D eigenvalue weighted by Gasteiger charge is 2.07. The van der Waals surface area contributed by atoms with E-state index >= 15 is 0 Å². The predicted molar refractivity (Wildman–Crippen MR) is 98.5 cm³/mol. The van der Waals surface area contributed by atoms with Gasteiger partial charge in [0.1, 0.15) is 0 Å². The zero-order valence-corrected chi connectivity index (χ0v) is 13.3. The Kier molecular flexibility index (Phi) is 3.88. The van der Waals surface area contributed by atoms with Gasteiger partial charge in [-0.15, -0.1) is 0 Å². The molecule has 0 aliphatic carbocycles. The Hall–Kier alpha value is -3.60. The maximum Gasteiger partial charge on any atom is 0.271 e. The molecular weight excluding hydrogens is 312 g/mol. The second-order valence-electron chi connectivity index (χ2n) is 5.49. The molecular formula is C20H14N4O. The van der Waals surface area contributed by atoms with Gasteiger partial charge >= 0.3 is 0 Å². The van der Waals surface area contributed by atoms with Crippen molar-refractivity contribution in [2.75, 3.05) is 0 Å². The van der Waals surface area contributed by atoms with Crippen LogP contribution in [0, 0.1) is 0 Å². The summed E-state index contributed by atoms with van der Waals surface area (Å²) in [6, 6.07) is 19.1. The van der Waals surface area contributed by atoms with Crippen LogP contribution in [0.4, 0.5) is 0 Å². The number of amides is 1. The number of hydrazone groups is 1. The molecule has 0 bridgehead atoms. The topological polar surface area (TPSA) is 67.2 Å². The van der Waals surface area contributed by atoms with E-state index < -0.39 is 0 Å². The molecule has 0 atom stereocenters. The molecule has 0 unspecified atom stereocenters. The van der Waals surface area contributed by atoms with Crippen LogP contribution < -0.4 is 5.43 Å². The van der Waals surface area contributed by atoms with Crippen LogP contribution in [0.25, 0.3) is 21.8 Å². The summed E-state index contributed by atoms with van der Waals surface area (Å²) < 4.78 is 0. The summed E-state index contributed by atoms with van der Waals surface area (Å²) >= 11 is 0. The fourth-order valence-corrected chi connectivity index (χ4v) is 2.74. The molecule has 5 nitrogen and oxygen atoms in total. The van der Waals surface area contributed by atoms with E-state index in [1.165, 1.54) is 0 Å². The molecule has 0 aliphatic heterocycles. The Morgan fingerprint density at radius 1 is 0.880 bits per heavy atom. The highest BCUT2D eigenvalue weighted by molar-refractivity contribution is 6.10. The Balaban J connectivity index is 1.73. The van der Waals surface area contributed by atoms with Crippen LogP contribution >= 0.6 is 0 Å². The molecule has 1 N–H and O–H groups in total. The van der Waals surface area contributed by atoms with Crippen molar-refractivity contribution < 1.29 is 4.79 Å². The smallest absolute Gasteiger partial charge is 0.267 e. The molecule has 0 spiro atoms. The van der Waals surface area contributed by atoms with Crippen LogP contribution in [0.15, 0.2) is 78.2 Å². The number of benzene rings is 2. The summed E-state index contributed by atoms with van der Waals surface area (Å²) in [5.41, 5.74) is 5.78. The summed E-state index contributed by atoms with van der Waals surface area (Å²) in [5.74, 6) is -0.277. The standard InChI is InChI=1S/C20H14N4O/c25-20(14-9-11-21-12-10-14)24-22-13-17-15-5-1-3-7-18(15)23-19-8-4-2-6-16(17)19/h1-13H,(H,24,25). The summed E-state index contributed by atoms with van der Waals surface area (Å²) in [6.45, 7) is 0. The molecule has 4 aromatic rings. The number of hydrogen-bond donors (Lipinski definition) is 1. The third kappa shape index (κ3) is 2.95. The number of aromatic nitrogens is 2. The first-order valence-corrected chi connectivity index (χ1v) is 7.84. The largest absolute Gasteiger partial charge is 0.271 e. The quantitative estimate of drug-likeness (QED) is 0.356. The maximum atomic E-state index is 12.1. The first-order valence-electron chi connectivity index (χ1n) is 7.84. The van der Waals surface area contributed by atoms with Crippen molar-refractivity contribution in [3.05, 3.63) is 84.2 Å². The van der Waals surface area contributed by atoms with Crippen LogP contribution in [-0.2, 0) is 0 Å². The van der Waals surface area contributed by atoms with Crippen molar-refractivity contribution in [2.45, 2.75) is 0 Å². The van der Waals surface area contributed by atoms with Crippen molar-refractivity contribution in [3.8, 4) is 0 Å². The third-order valence-corrected chi connectivity index (χ3v) is 3.93. The second kappa shape index (κ2) is 6.49. The highest BCUT2D eigenvalue weighted by atomic mass is 16.2. The molecule has 120 valence electrons. The Morgan fingerprint density at radius 3 is 2.12 bits per heavy atom. The number of nitrogens with zero attached hydrogens (tertiary/aromatic N) is 3. The van der Waals surface area contributed by atoms with Crippen molar-refractivity contribution in [3.63, 3.8) is 0 Å². The molecule has 4 rings (SSSR count). The Labute approximate surface area is 144 Å². The summed E-state index contributed by atoms with van der Waals surface area (Å²) in [6.07, 6.45) is 4.82. The van der Waals surface area contributed by atoms with Crippen LogP contribution in [0.5, 0.6) is 0 Å². The van der Waals surface area contributed by atoms with Crippen molar-refractivity contribution in [1.29, 1.82) is 0 Å². The third-order valence-electron chi connectivity index (χ3n) is 3.93. The number of hydrogen-bond acceptors (Lipinski definition) is 4. The van der Waals surface area contributed by atoms with Gasteiger partial charge in [-0.1, -0.05) is 36.4 Å². The molecule has 2 heterocycles. The molecule has 1 amide bonds. The first-order chi connectivity index (χ1) is 12.3. The van der Waals surface area contributed by atoms with E-state index in [-0.39, 0.29) is 5.91 Å². The molecule has 2 aromatic carbocycles. The van der Waals surface area contributed by atoms with E-state index in [9.17, 15) is 4.79 Å². The van der Waals surface area contributed by atoms with Gasteiger partial charge in [-0.05, 0) is 24.3 Å². The lowest BCUT2D eigenvalue weighted by molar-refractivity contribution is 0.0955. The van der Waals surface area contributed by atoms with Gasteiger partial charge in [0, 0.05) is 34.3 Å². The van der Waals surface area contributed by atoms with E-state index in [0.717, 1.165) is 27.4 Å². The molecule has 5 heteroatoms. The number of pyridine rings is 2. The summed E-state index contributed by atoms with van der Waals surface area (Å²) in [4.78, 5) is 20.7. The fraction of sp³-hybridized carbons (Fsp3) is 0. The van der Waals surface area contributed by atoms with E-state index in [4.69, 9.17) is 0 Å². The van der Waals surface area contributed by atoms with Gasteiger partial charge in [0.2, 0.25) is 0 Å². The van der Waals surface area contributed by atoms with Crippen molar-refractivity contribution in [1.82, 2.24) is 15.4 Å². The number of fused-ring (bicyclic) bond motifs is 2. The van der Waals surface area contributed by atoms with E-state index in [1.54, 1.807) is 30.7 Å². The average Bonchev–Trinajstić information content (AvgIpc) is 2.68. The van der Waals surface area contributed by atoms with Crippen molar-refractivity contribution in [2.24, 2.45) is 5.10 Å². The molecule has 25 heavy (non-hydrogen) atoms. The van der Waals surface area contributed by atoms with Gasteiger partial charge in [0.25, 0.3) is 5.91 Å². The predicted octanol–water partition coefficient (Wildman–Crippen LogP) is 3.55. The minimum atomic E-state index is -0.277. The lowest BCUT2D eigenvalue weighted by Gasteiger charge is -2.07.